The SMILES string of the molecule is NS(=O)(=O)CC1CC(=O)N(c2c(Cl)cncc2I)C1. The second kappa shape index (κ2) is 5.51. The lowest BCUT2D eigenvalue weighted by Gasteiger charge is -2.19. The Balaban J connectivity index is 2.26. The van der Waals surface area contributed by atoms with Crippen LogP contribution in [-0.4, -0.2) is 31.6 Å². The second-order valence-corrected chi connectivity index (χ2v) is 7.58. The van der Waals surface area contributed by atoms with Gasteiger partial charge in [0.05, 0.1) is 20.0 Å². The van der Waals surface area contributed by atoms with Gasteiger partial charge in [-0.25, -0.2) is 13.6 Å². The Kier molecular flexibility index (Phi) is 4.33. The van der Waals surface area contributed by atoms with Crippen molar-refractivity contribution in [3.8, 4) is 0 Å². The maximum absolute atomic E-state index is 12.0. The molecule has 0 bridgehead atoms. The summed E-state index contributed by atoms with van der Waals surface area (Å²) in [6, 6.07) is 0. The number of aromatic nitrogens is 1. The monoisotopic (exact) mass is 415 g/mol. The van der Waals surface area contributed by atoms with Crippen molar-refractivity contribution in [1.82, 2.24) is 4.98 Å². The first-order valence-corrected chi connectivity index (χ1v) is 8.55. The van der Waals surface area contributed by atoms with Gasteiger partial charge in [-0.05, 0) is 22.6 Å². The molecule has 1 aromatic heterocycles. The van der Waals surface area contributed by atoms with E-state index in [4.69, 9.17) is 16.7 Å². The molecule has 2 rings (SSSR count). The summed E-state index contributed by atoms with van der Waals surface area (Å²) in [6.45, 7) is 0.301. The number of halogens is 2. The van der Waals surface area contributed by atoms with Crippen molar-refractivity contribution >= 4 is 55.8 Å². The van der Waals surface area contributed by atoms with E-state index in [1.54, 1.807) is 6.20 Å². The van der Waals surface area contributed by atoms with Gasteiger partial charge in [0.2, 0.25) is 15.9 Å². The van der Waals surface area contributed by atoms with Crippen LogP contribution < -0.4 is 10.0 Å². The van der Waals surface area contributed by atoms with Crippen molar-refractivity contribution in [2.45, 2.75) is 6.42 Å². The summed E-state index contributed by atoms with van der Waals surface area (Å²) in [4.78, 5) is 17.4. The first-order chi connectivity index (χ1) is 8.78. The summed E-state index contributed by atoms with van der Waals surface area (Å²) in [5, 5.41) is 5.38. The number of carbonyl (C=O) groups excluding carboxylic acids is 1. The van der Waals surface area contributed by atoms with Gasteiger partial charge in [0, 0.05) is 31.3 Å². The van der Waals surface area contributed by atoms with Gasteiger partial charge in [-0.1, -0.05) is 11.6 Å². The zero-order chi connectivity index (χ0) is 14.2. The third-order valence-electron chi connectivity index (χ3n) is 2.77. The van der Waals surface area contributed by atoms with Crippen LogP contribution in [0.4, 0.5) is 5.69 Å². The lowest BCUT2D eigenvalue weighted by molar-refractivity contribution is -0.117. The van der Waals surface area contributed by atoms with Crippen LogP contribution in [0.15, 0.2) is 12.4 Å². The molecule has 0 aliphatic carbocycles. The number of sulfonamides is 1. The summed E-state index contributed by atoms with van der Waals surface area (Å²) in [6.07, 6.45) is 3.21. The molecule has 19 heavy (non-hydrogen) atoms. The Labute approximate surface area is 129 Å². The molecule has 1 aliphatic rings. The summed E-state index contributed by atoms with van der Waals surface area (Å²) in [5.74, 6) is -0.656. The van der Waals surface area contributed by atoms with Crippen molar-refractivity contribution in [3.63, 3.8) is 0 Å². The number of hydrogen-bond acceptors (Lipinski definition) is 4. The van der Waals surface area contributed by atoms with Gasteiger partial charge >= 0.3 is 0 Å². The first kappa shape index (κ1) is 14.9. The molecule has 1 aliphatic heterocycles. The maximum Gasteiger partial charge on any atom is 0.227 e. The number of hydrogen-bond donors (Lipinski definition) is 1. The average Bonchev–Trinajstić information content (AvgIpc) is 2.56. The van der Waals surface area contributed by atoms with E-state index in [2.05, 4.69) is 4.98 Å². The fourth-order valence-electron chi connectivity index (χ4n) is 2.10. The first-order valence-electron chi connectivity index (χ1n) is 5.38. The number of pyridine rings is 1. The number of primary sulfonamides is 1. The topological polar surface area (TPSA) is 93.4 Å². The Morgan fingerprint density at radius 3 is 2.79 bits per heavy atom. The summed E-state index contributed by atoms with van der Waals surface area (Å²) < 4.78 is 22.9. The normalized spacial score (nSPS) is 20.1. The van der Waals surface area contributed by atoms with Gasteiger partial charge in [0.1, 0.15) is 0 Å². The highest BCUT2D eigenvalue weighted by Gasteiger charge is 2.34. The third kappa shape index (κ3) is 3.56. The summed E-state index contributed by atoms with van der Waals surface area (Å²) in [7, 11) is -3.58. The molecule has 9 heteroatoms. The predicted octanol–water partition coefficient (Wildman–Crippen LogP) is 0.981. The molecule has 0 spiro atoms. The van der Waals surface area contributed by atoms with E-state index in [-0.39, 0.29) is 24.0 Å². The third-order valence-corrected chi connectivity index (χ3v) is 4.77. The molecule has 6 nitrogen and oxygen atoms in total. The highest BCUT2D eigenvalue weighted by molar-refractivity contribution is 14.1. The number of nitrogens with zero attached hydrogens (tertiary/aromatic N) is 2. The number of amides is 1. The highest BCUT2D eigenvalue weighted by atomic mass is 127. The van der Waals surface area contributed by atoms with Crippen molar-refractivity contribution < 1.29 is 13.2 Å². The molecule has 1 saturated heterocycles. The number of anilines is 1. The molecule has 2 heterocycles. The zero-order valence-corrected chi connectivity index (χ0v) is 13.4. The Morgan fingerprint density at radius 2 is 2.21 bits per heavy atom. The molecule has 0 radical (unpaired) electrons. The van der Waals surface area contributed by atoms with Crippen molar-refractivity contribution in [2.75, 3.05) is 17.2 Å². The Bertz CT molecular complexity index is 602. The minimum Gasteiger partial charge on any atom is -0.310 e. The van der Waals surface area contributed by atoms with E-state index < -0.39 is 10.0 Å². The molecular weight excluding hydrogens is 405 g/mol. The zero-order valence-electron chi connectivity index (χ0n) is 9.71. The van der Waals surface area contributed by atoms with E-state index in [0.717, 1.165) is 3.57 Å². The Morgan fingerprint density at radius 1 is 1.53 bits per heavy atom. The quantitative estimate of drug-likeness (QED) is 0.745. The summed E-state index contributed by atoms with van der Waals surface area (Å²) in [5.41, 5.74) is 0.583. The smallest absolute Gasteiger partial charge is 0.227 e. The van der Waals surface area contributed by atoms with Gasteiger partial charge in [0.15, 0.2) is 0 Å². The van der Waals surface area contributed by atoms with Crippen LogP contribution in [0.5, 0.6) is 0 Å². The molecule has 1 aromatic rings. The summed E-state index contributed by atoms with van der Waals surface area (Å²) >= 11 is 8.09. The fraction of sp³-hybridized carbons (Fsp3) is 0.400. The van der Waals surface area contributed by atoms with Crippen LogP contribution in [0.2, 0.25) is 5.02 Å². The van der Waals surface area contributed by atoms with Crippen LogP contribution >= 0.6 is 34.2 Å². The van der Waals surface area contributed by atoms with Gasteiger partial charge in [-0.3, -0.25) is 9.78 Å². The van der Waals surface area contributed by atoms with Crippen LogP contribution in [0.1, 0.15) is 6.42 Å². The van der Waals surface area contributed by atoms with E-state index in [9.17, 15) is 13.2 Å². The van der Waals surface area contributed by atoms with Gasteiger partial charge < -0.3 is 4.90 Å². The highest BCUT2D eigenvalue weighted by Crippen LogP contribution is 2.34. The molecular formula is C10H11ClIN3O3S. The molecule has 1 unspecified atom stereocenters. The molecule has 0 aromatic carbocycles. The maximum atomic E-state index is 12.0. The van der Waals surface area contributed by atoms with E-state index >= 15 is 0 Å². The predicted molar refractivity (Wildman–Crippen MR) is 80.4 cm³/mol. The number of carbonyl (C=O) groups is 1. The minimum atomic E-state index is -3.58. The number of rotatable bonds is 3. The van der Waals surface area contributed by atoms with Crippen LogP contribution in [-0.2, 0) is 14.8 Å². The average molecular weight is 416 g/mol. The van der Waals surface area contributed by atoms with Crippen LogP contribution in [0.3, 0.4) is 0 Å². The standard InChI is InChI=1S/C10H11ClIN3O3S/c11-7-2-14-3-8(12)10(7)15-4-6(1-9(15)16)5-19(13,17)18/h2-3,6H,1,4-5H2,(H2,13,17,18). The van der Waals surface area contributed by atoms with Gasteiger partial charge in [0.25, 0.3) is 0 Å². The molecule has 1 amide bonds. The van der Waals surface area contributed by atoms with Crippen molar-refractivity contribution in [1.29, 1.82) is 0 Å². The van der Waals surface area contributed by atoms with Gasteiger partial charge in [-0.2, -0.15) is 0 Å². The van der Waals surface area contributed by atoms with E-state index in [0.29, 0.717) is 17.3 Å². The van der Waals surface area contributed by atoms with Crippen LogP contribution in [0, 0.1) is 9.49 Å². The van der Waals surface area contributed by atoms with Crippen molar-refractivity contribution in [2.24, 2.45) is 11.1 Å². The van der Waals surface area contributed by atoms with Crippen LogP contribution in [0.25, 0.3) is 0 Å². The van der Waals surface area contributed by atoms with E-state index in [1.807, 2.05) is 22.6 Å². The fourth-order valence-corrected chi connectivity index (χ4v) is 4.14. The lowest BCUT2D eigenvalue weighted by Crippen LogP contribution is -2.28. The molecule has 2 N–H and O–H groups in total. The Hall–Kier alpha value is -0.450. The van der Waals surface area contributed by atoms with Crippen molar-refractivity contribution in [3.05, 3.63) is 21.0 Å². The van der Waals surface area contributed by atoms with E-state index in [1.165, 1.54) is 11.1 Å². The lowest BCUT2D eigenvalue weighted by atomic mass is 10.1. The molecule has 104 valence electrons. The molecule has 1 fully saturated rings. The van der Waals surface area contributed by atoms with Gasteiger partial charge in [-0.15, -0.1) is 0 Å². The molecule has 0 saturated carbocycles. The largest absolute Gasteiger partial charge is 0.310 e. The minimum absolute atomic E-state index is 0.153. The second-order valence-electron chi connectivity index (χ2n) is 4.36. The number of nitrogens with two attached hydrogens (primary N) is 1. The molecule has 1 atom stereocenters.